The third kappa shape index (κ3) is 11.0. The highest BCUT2D eigenvalue weighted by Crippen LogP contribution is 2.45. The van der Waals surface area contributed by atoms with Crippen molar-refractivity contribution in [2.24, 2.45) is 0 Å². The number of hydrogen-bond acceptors (Lipinski definition) is 39. The molecular weight excluding hydrogens is 1490 g/mol. The van der Waals surface area contributed by atoms with E-state index in [1.165, 1.54) is 12.1 Å². The molecule has 0 N–H and O–H groups in total. The molecule has 0 atom stereocenters. The number of rotatable bonds is 0. The quantitative estimate of drug-likeness (QED) is 0.102. The zero-order valence-corrected chi connectivity index (χ0v) is 55.7. The average Bonchev–Trinajstić information content (AvgIpc) is 0.726. The molecule has 0 aliphatic heterocycles. The molecule has 16 aromatic rings. The SMILES string of the molecule is [C-]#[N+]c1nc(C#N)c2c(n1)c1nc(C#N)c(C#N)nc1c1nc(C#N)c(C#N)nc12.[C-]#[N+]c1nc2c3nnc(C#N)c(C#N)c3c3nnc(C#N)c([N+]#[C-])c3c2nc1[N+]#[C-].[C-]#[N+]c1nnc2c(c1C#N)c1nnc(C#N)c(C#N)c1c1nnc(C#N)c([N+]#[C-])c12.[C-]#[N+]c1nnc2c3nnc(C#N)cc3c3cc(C#N)nnc3c2c1C#N. The van der Waals surface area contributed by atoms with Crippen LogP contribution in [0.3, 0.4) is 0 Å². The summed E-state index contributed by atoms with van der Waals surface area (Å²) in [5.41, 5.74) is -3.01. The Morgan fingerprint density at radius 2 is 0.509 bits per heavy atom. The number of benzene rings is 4. The Labute approximate surface area is 637 Å². The van der Waals surface area contributed by atoms with Crippen LogP contribution in [0.1, 0.15) is 84.9 Å². The van der Waals surface area contributed by atoms with E-state index in [4.69, 9.17) is 56.5 Å². The Bertz CT molecular complexity index is 8100. The lowest BCUT2D eigenvalue weighted by Crippen LogP contribution is -2.04. The minimum Gasteiger partial charge on any atom is -0.394 e. The van der Waals surface area contributed by atoms with Gasteiger partial charge >= 0.3 is 17.6 Å². The molecule has 46 heteroatoms. The second-order valence-corrected chi connectivity index (χ2v) is 21.6. The molecule has 4 aromatic carbocycles. The predicted molar refractivity (Wildman–Crippen MR) is 377 cm³/mol. The highest BCUT2D eigenvalue weighted by molar-refractivity contribution is 6.29. The molecule has 16 rings (SSSR count). The van der Waals surface area contributed by atoms with Crippen LogP contribution in [-0.2, 0) is 0 Å². The van der Waals surface area contributed by atoms with Gasteiger partial charge in [-0.2, -0.15) is 99.3 Å². The van der Waals surface area contributed by atoms with E-state index in [0.29, 0.717) is 10.8 Å². The third-order valence-corrected chi connectivity index (χ3v) is 16.1. The summed E-state index contributed by atoms with van der Waals surface area (Å²) in [6, 6.07) is 30.2. The maximum Gasteiger partial charge on any atom is 0.373 e. The maximum atomic E-state index is 9.67. The molecule has 12 heterocycles. The van der Waals surface area contributed by atoms with E-state index in [2.05, 4.69) is 155 Å². The van der Waals surface area contributed by atoms with Crippen LogP contribution in [-0.4, -0.2) is 121 Å². The molecule has 0 saturated heterocycles. The minimum atomic E-state index is -0.355. The van der Waals surface area contributed by atoms with Crippen LogP contribution in [0.2, 0.25) is 0 Å². The van der Waals surface area contributed by atoms with Gasteiger partial charge in [-0.05, 0) is 22.3 Å². The van der Waals surface area contributed by atoms with Gasteiger partial charge in [0.25, 0.3) is 11.6 Å². The van der Waals surface area contributed by atoms with Gasteiger partial charge in [-0.25, -0.2) is 29.6 Å². The van der Waals surface area contributed by atoms with Gasteiger partial charge in [0.2, 0.25) is 28.1 Å². The fraction of sp³-hybridized carbons (Fsp3) is 0. The Morgan fingerprint density at radius 3 is 0.931 bits per heavy atom. The van der Waals surface area contributed by atoms with Crippen molar-refractivity contribution < 1.29 is 0 Å². The lowest BCUT2D eigenvalue weighted by atomic mass is 9.97. The minimum absolute atomic E-state index is 0.00285. The summed E-state index contributed by atoms with van der Waals surface area (Å²) < 4.78 is 0. The van der Waals surface area contributed by atoms with Crippen molar-refractivity contribution in [2.45, 2.75) is 0 Å². The summed E-state index contributed by atoms with van der Waals surface area (Å²) in [5, 5.41) is 204. The Morgan fingerprint density at radius 1 is 0.198 bits per heavy atom. The van der Waals surface area contributed by atoms with E-state index in [1.807, 2.05) is 42.5 Å². The third-order valence-electron chi connectivity index (χ3n) is 16.1. The predicted octanol–water partition coefficient (Wildman–Crippen LogP) is 8.00. The second kappa shape index (κ2) is 29.1. The van der Waals surface area contributed by atoms with Crippen molar-refractivity contribution in [3.05, 3.63) is 177 Å². The number of nitriles is 15. The van der Waals surface area contributed by atoms with Gasteiger partial charge in [0.05, 0.1) is 69.0 Å². The number of hydrogen-bond donors (Lipinski definition) is 0. The van der Waals surface area contributed by atoms with E-state index < -0.39 is 0 Å². The lowest BCUT2D eigenvalue weighted by Gasteiger charge is -2.10. The fourth-order valence-corrected chi connectivity index (χ4v) is 11.5. The van der Waals surface area contributed by atoms with E-state index in [-0.39, 0.29) is 246 Å². The first-order valence-electron chi connectivity index (χ1n) is 30.1. The smallest absolute Gasteiger partial charge is 0.373 e. The average molecular weight is 1490 g/mol. The summed E-state index contributed by atoms with van der Waals surface area (Å²) in [7, 11) is 0. The van der Waals surface area contributed by atoms with Crippen molar-refractivity contribution >= 4 is 172 Å². The first kappa shape index (κ1) is 72.1. The summed E-state index contributed by atoms with van der Waals surface area (Å²) >= 11 is 0. The molecule has 0 aliphatic carbocycles. The van der Waals surface area contributed by atoms with Gasteiger partial charge in [-0.3, -0.25) is 0 Å². The maximum absolute atomic E-state index is 9.67. The normalized spacial score (nSPS) is 9.88. The van der Waals surface area contributed by atoms with Gasteiger partial charge in [0, 0.05) is 26.9 Å². The molecule has 116 heavy (non-hydrogen) atoms. The van der Waals surface area contributed by atoms with Gasteiger partial charge in [-0.15, -0.1) is 67.3 Å². The van der Waals surface area contributed by atoms with Crippen molar-refractivity contribution in [3.63, 3.8) is 0 Å². The molecule has 0 bridgehead atoms. The molecule has 0 spiro atoms. The van der Waals surface area contributed by atoms with Crippen LogP contribution in [0.4, 0.5) is 40.6 Å². The van der Waals surface area contributed by atoms with Crippen LogP contribution in [0.25, 0.3) is 165 Å². The number of aromatic nitrogens is 24. The zero-order chi connectivity index (χ0) is 82.5. The van der Waals surface area contributed by atoms with Crippen molar-refractivity contribution in [1.29, 1.82) is 78.9 Å². The first-order chi connectivity index (χ1) is 56.6. The van der Waals surface area contributed by atoms with Crippen LogP contribution in [0.5, 0.6) is 0 Å². The molecule has 512 valence electrons. The van der Waals surface area contributed by atoms with Crippen LogP contribution < -0.4 is 0 Å². The molecular formula is C70H2N46. The Kier molecular flexibility index (Phi) is 18.1. The van der Waals surface area contributed by atoms with Gasteiger partial charge in [-0.1, -0.05) is 36.5 Å². The molecule has 0 radical (unpaired) electrons. The number of nitrogens with zero attached hydrogens (tertiary/aromatic N) is 46. The van der Waals surface area contributed by atoms with Gasteiger partial charge < -0.3 is 24.2 Å². The van der Waals surface area contributed by atoms with E-state index in [9.17, 15) is 68.4 Å². The van der Waals surface area contributed by atoms with E-state index in [1.54, 1.807) is 48.6 Å². The van der Waals surface area contributed by atoms with Crippen LogP contribution >= 0.6 is 0 Å². The Balaban J connectivity index is 0.000000135. The summed E-state index contributed by atoms with van der Waals surface area (Å²) in [6.45, 7) is 51.1. The highest BCUT2D eigenvalue weighted by atomic mass is 15.2. The zero-order valence-electron chi connectivity index (χ0n) is 55.7. The van der Waals surface area contributed by atoms with E-state index in [0.717, 1.165) is 0 Å². The molecule has 12 aromatic heterocycles. The lowest BCUT2D eigenvalue weighted by molar-refractivity contribution is 1.03. The topological polar surface area (TPSA) is 697 Å². The fourth-order valence-electron chi connectivity index (χ4n) is 11.5. The molecule has 0 saturated carbocycles. The van der Waals surface area contributed by atoms with Gasteiger partial charge in [0.15, 0.2) is 68.0 Å². The second-order valence-electron chi connectivity index (χ2n) is 21.6. The molecule has 0 aliphatic rings. The largest absolute Gasteiger partial charge is 0.394 e. The molecule has 46 nitrogen and oxygen atoms in total. The standard InChI is InChI=1S/3C18N12.C16H2N10/c1-22-12-9(6-21)28-29-13-10-7(4-19)8(5-20)27-30-15(10)16-14(11(12)13)25-17(23-2)18(24-3)26-16;1-23-14-10(6-22)26-28-16-11-7(3-19)9(5-21)25-27-15(11)12-8(4-20)18(24-2)30-29-17(12)13(14)16;1-24-18-29-11(6-23)12-13-15(26-8(3-20)7(2-19)25-13)17-16(14(12)30-18)27-9(4-21)10(5-22)28-17;1-20-16-11(6-19)12-13-9(2-7(4-17)21-23-13)10-3-8(5-18)22-24-14(10)15(12)25-26-16/h;;;2-3H. The highest BCUT2D eigenvalue weighted by Gasteiger charge is 2.32. The monoisotopic (exact) mass is 1490 g/mol. The van der Waals surface area contributed by atoms with Crippen LogP contribution in [0.15, 0.2) is 12.1 Å². The molecule has 0 amide bonds. The number of fused-ring (bicyclic) bond motifs is 24. The summed E-state index contributed by atoms with van der Waals surface area (Å²) in [4.78, 5) is 55.4. The molecule has 0 unspecified atom stereocenters. The summed E-state index contributed by atoms with van der Waals surface area (Å²) in [5.74, 6) is -1.47. The Hall–Kier alpha value is -22.3. The van der Waals surface area contributed by atoms with Crippen molar-refractivity contribution in [3.8, 4) is 91.0 Å². The van der Waals surface area contributed by atoms with Crippen molar-refractivity contribution in [1.82, 2.24) is 121 Å². The molecule has 0 fully saturated rings. The first-order valence-corrected chi connectivity index (χ1v) is 30.1. The van der Waals surface area contributed by atoms with Crippen LogP contribution in [0, 0.1) is 216 Å². The van der Waals surface area contributed by atoms with Crippen molar-refractivity contribution in [2.75, 3.05) is 0 Å². The van der Waals surface area contributed by atoms with Gasteiger partial charge in [0.1, 0.15) is 140 Å². The van der Waals surface area contributed by atoms with E-state index >= 15 is 0 Å². The summed E-state index contributed by atoms with van der Waals surface area (Å²) in [6.07, 6.45) is 0.